The average Bonchev–Trinajstić information content (AvgIpc) is 2.37. The van der Waals surface area contributed by atoms with E-state index in [0.717, 1.165) is 19.3 Å². The second-order valence-electron chi connectivity index (χ2n) is 5.84. The molecule has 1 heterocycles. The van der Waals surface area contributed by atoms with Gasteiger partial charge in [0.1, 0.15) is 6.10 Å². The largest absolute Gasteiger partial charge is 0.462 e. The van der Waals surface area contributed by atoms with Crippen LogP contribution in [0.3, 0.4) is 0 Å². The second-order valence-corrected chi connectivity index (χ2v) is 5.84. The molecule has 0 amide bonds. The number of hydrogen-bond donors (Lipinski definition) is 0. The zero-order chi connectivity index (χ0) is 13.4. The Morgan fingerprint density at radius 1 is 1.11 bits per heavy atom. The lowest BCUT2D eigenvalue weighted by atomic mass is 9.84. The molecule has 0 saturated carbocycles. The van der Waals surface area contributed by atoms with Crippen LogP contribution in [0.2, 0.25) is 0 Å². The molecule has 0 spiro atoms. The molecule has 2 nitrogen and oxygen atoms in total. The van der Waals surface area contributed by atoms with E-state index in [1.807, 2.05) is 6.92 Å². The van der Waals surface area contributed by atoms with Crippen molar-refractivity contribution in [3.63, 3.8) is 0 Å². The summed E-state index contributed by atoms with van der Waals surface area (Å²) in [4.78, 5) is 11.6. The van der Waals surface area contributed by atoms with Gasteiger partial charge in [-0.2, -0.15) is 0 Å². The topological polar surface area (TPSA) is 26.3 Å². The van der Waals surface area contributed by atoms with Gasteiger partial charge < -0.3 is 4.74 Å². The molecule has 3 atom stereocenters. The monoisotopic (exact) mass is 254 g/mol. The van der Waals surface area contributed by atoms with Crippen LogP contribution in [0.25, 0.3) is 0 Å². The standard InChI is InChI=1S/C16H30O2/c1-4-6-7-8-9-10-11-15-14(5-2)12-13(3)16(17)18-15/h13-15H,4-12H2,1-3H3. The molecule has 1 fully saturated rings. The summed E-state index contributed by atoms with van der Waals surface area (Å²) in [6.45, 7) is 6.45. The SMILES string of the molecule is CCCCCCCCC1OC(=O)C(C)CC1CC. The van der Waals surface area contributed by atoms with Crippen molar-refractivity contribution >= 4 is 5.97 Å². The Balaban J connectivity index is 2.20. The van der Waals surface area contributed by atoms with Crippen LogP contribution in [0.15, 0.2) is 0 Å². The highest BCUT2D eigenvalue weighted by Gasteiger charge is 2.33. The van der Waals surface area contributed by atoms with E-state index in [-0.39, 0.29) is 18.0 Å². The highest BCUT2D eigenvalue weighted by molar-refractivity contribution is 5.72. The van der Waals surface area contributed by atoms with Gasteiger partial charge in [0.25, 0.3) is 0 Å². The van der Waals surface area contributed by atoms with Crippen LogP contribution >= 0.6 is 0 Å². The predicted octanol–water partition coefficient (Wildman–Crippen LogP) is 4.71. The fraction of sp³-hybridized carbons (Fsp3) is 0.938. The van der Waals surface area contributed by atoms with Crippen LogP contribution in [0.4, 0.5) is 0 Å². The number of ether oxygens (including phenoxy) is 1. The average molecular weight is 254 g/mol. The zero-order valence-corrected chi connectivity index (χ0v) is 12.4. The molecule has 0 aromatic heterocycles. The quantitative estimate of drug-likeness (QED) is 0.463. The van der Waals surface area contributed by atoms with E-state index in [9.17, 15) is 4.79 Å². The molecule has 18 heavy (non-hydrogen) atoms. The minimum atomic E-state index is 0.0238. The third-order valence-electron chi connectivity index (χ3n) is 4.22. The van der Waals surface area contributed by atoms with E-state index in [1.165, 1.54) is 38.5 Å². The lowest BCUT2D eigenvalue weighted by molar-refractivity contribution is -0.165. The Hall–Kier alpha value is -0.530. The lowest BCUT2D eigenvalue weighted by Gasteiger charge is -2.33. The minimum Gasteiger partial charge on any atom is -0.462 e. The molecule has 2 heteroatoms. The third-order valence-corrected chi connectivity index (χ3v) is 4.22. The van der Waals surface area contributed by atoms with Crippen molar-refractivity contribution in [1.29, 1.82) is 0 Å². The first-order valence-corrected chi connectivity index (χ1v) is 7.89. The van der Waals surface area contributed by atoms with Gasteiger partial charge in [-0.25, -0.2) is 0 Å². The van der Waals surface area contributed by atoms with Crippen LogP contribution in [0.1, 0.15) is 78.6 Å². The Bertz CT molecular complexity index is 237. The highest BCUT2D eigenvalue weighted by atomic mass is 16.5. The summed E-state index contributed by atoms with van der Waals surface area (Å²) in [5.74, 6) is 0.722. The third kappa shape index (κ3) is 4.99. The van der Waals surface area contributed by atoms with Crippen LogP contribution < -0.4 is 0 Å². The van der Waals surface area contributed by atoms with Crippen molar-refractivity contribution in [3.05, 3.63) is 0 Å². The summed E-state index contributed by atoms with van der Waals surface area (Å²) in [6, 6.07) is 0. The Kier molecular flexibility index (Phi) is 7.38. The van der Waals surface area contributed by atoms with Gasteiger partial charge in [-0.05, 0) is 31.6 Å². The fourth-order valence-corrected chi connectivity index (χ4v) is 2.91. The first kappa shape index (κ1) is 15.5. The molecule has 1 aliphatic rings. The van der Waals surface area contributed by atoms with Gasteiger partial charge in [0.2, 0.25) is 0 Å². The Morgan fingerprint density at radius 2 is 1.78 bits per heavy atom. The summed E-state index contributed by atoms with van der Waals surface area (Å²) in [7, 11) is 0. The van der Waals surface area contributed by atoms with E-state index >= 15 is 0 Å². The van der Waals surface area contributed by atoms with Gasteiger partial charge in [-0.1, -0.05) is 52.9 Å². The van der Waals surface area contributed by atoms with Crippen LogP contribution in [0, 0.1) is 11.8 Å². The van der Waals surface area contributed by atoms with Crippen LogP contribution in [-0.2, 0) is 9.53 Å². The molecule has 1 aliphatic heterocycles. The van der Waals surface area contributed by atoms with Gasteiger partial charge in [-0.3, -0.25) is 4.79 Å². The predicted molar refractivity (Wildman–Crippen MR) is 75.4 cm³/mol. The molecule has 1 saturated heterocycles. The van der Waals surface area contributed by atoms with Gasteiger partial charge in [0, 0.05) is 0 Å². The van der Waals surface area contributed by atoms with Crippen molar-refractivity contribution in [2.75, 3.05) is 0 Å². The Labute approximate surface area is 112 Å². The van der Waals surface area contributed by atoms with Crippen molar-refractivity contribution < 1.29 is 9.53 Å². The maximum atomic E-state index is 11.6. The number of rotatable bonds is 8. The summed E-state index contributed by atoms with van der Waals surface area (Å²) < 4.78 is 5.59. The molecule has 0 radical (unpaired) electrons. The second kappa shape index (κ2) is 8.55. The highest BCUT2D eigenvalue weighted by Crippen LogP contribution is 2.31. The number of hydrogen-bond acceptors (Lipinski definition) is 2. The van der Waals surface area contributed by atoms with Crippen molar-refractivity contribution in [2.45, 2.75) is 84.7 Å². The molecule has 0 aliphatic carbocycles. The summed E-state index contributed by atoms with van der Waals surface area (Å²) in [6.07, 6.45) is 11.3. The van der Waals surface area contributed by atoms with Crippen molar-refractivity contribution in [3.8, 4) is 0 Å². The van der Waals surface area contributed by atoms with Crippen molar-refractivity contribution in [1.82, 2.24) is 0 Å². The van der Waals surface area contributed by atoms with Gasteiger partial charge >= 0.3 is 5.97 Å². The first-order chi connectivity index (χ1) is 8.69. The summed E-state index contributed by atoms with van der Waals surface area (Å²) >= 11 is 0. The van der Waals surface area contributed by atoms with E-state index in [1.54, 1.807) is 0 Å². The van der Waals surface area contributed by atoms with E-state index in [2.05, 4.69) is 13.8 Å². The molecular weight excluding hydrogens is 224 g/mol. The van der Waals surface area contributed by atoms with Gasteiger partial charge in [0.15, 0.2) is 0 Å². The number of carbonyl (C=O) groups excluding carboxylic acids is 1. The summed E-state index contributed by atoms with van der Waals surface area (Å²) in [5, 5.41) is 0. The number of cyclic esters (lactones) is 1. The van der Waals surface area contributed by atoms with Crippen LogP contribution in [0.5, 0.6) is 0 Å². The van der Waals surface area contributed by atoms with Gasteiger partial charge in [-0.15, -0.1) is 0 Å². The van der Waals surface area contributed by atoms with Crippen molar-refractivity contribution in [2.24, 2.45) is 11.8 Å². The molecule has 0 N–H and O–H groups in total. The molecule has 0 aromatic carbocycles. The molecule has 3 unspecified atom stereocenters. The lowest BCUT2D eigenvalue weighted by Crippen LogP contribution is -2.37. The van der Waals surface area contributed by atoms with E-state index in [0.29, 0.717) is 5.92 Å². The molecule has 0 bridgehead atoms. The maximum Gasteiger partial charge on any atom is 0.308 e. The van der Waals surface area contributed by atoms with Crippen LogP contribution in [-0.4, -0.2) is 12.1 Å². The first-order valence-electron chi connectivity index (χ1n) is 7.89. The maximum absolute atomic E-state index is 11.6. The minimum absolute atomic E-state index is 0.0238. The molecule has 0 aromatic rings. The van der Waals surface area contributed by atoms with E-state index in [4.69, 9.17) is 4.74 Å². The Morgan fingerprint density at radius 3 is 2.44 bits per heavy atom. The molecule has 106 valence electrons. The molecule has 1 rings (SSSR count). The number of carbonyl (C=O) groups is 1. The van der Waals surface area contributed by atoms with E-state index < -0.39 is 0 Å². The zero-order valence-electron chi connectivity index (χ0n) is 12.4. The smallest absolute Gasteiger partial charge is 0.308 e. The normalized spacial score (nSPS) is 28.2. The summed E-state index contributed by atoms with van der Waals surface area (Å²) in [5.41, 5.74) is 0. The fourth-order valence-electron chi connectivity index (χ4n) is 2.91. The van der Waals surface area contributed by atoms with Gasteiger partial charge in [0.05, 0.1) is 5.92 Å². The number of unbranched alkanes of at least 4 members (excludes halogenated alkanes) is 5. The number of esters is 1. The molecular formula is C16H30O2.